The zero-order chi connectivity index (χ0) is 38.4. The summed E-state index contributed by atoms with van der Waals surface area (Å²) in [5.41, 5.74) is 3.18. The molecule has 14 heteroatoms. The summed E-state index contributed by atoms with van der Waals surface area (Å²) in [6.07, 6.45) is 1.58. The molecule has 1 fully saturated rings. The van der Waals surface area contributed by atoms with E-state index in [4.69, 9.17) is 47.4 Å². The highest BCUT2D eigenvalue weighted by Gasteiger charge is 2.53. The van der Waals surface area contributed by atoms with Gasteiger partial charge in [-0.3, -0.25) is 14.4 Å². The third kappa shape index (κ3) is 6.12. The Hall–Kier alpha value is -6.57. The predicted octanol–water partition coefficient (Wildman–Crippen LogP) is 5.25. The Morgan fingerprint density at radius 3 is 2.18 bits per heavy atom. The van der Waals surface area contributed by atoms with Gasteiger partial charge in [0, 0.05) is 11.8 Å². The van der Waals surface area contributed by atoms with E-state index < -0.39 is 42.3 Å². The third-order valence-electron chi connectivity index (χ3n) is 10.3. The number of fused-ring (bicyclic) bond motifs is 4. The van der Waals surface area contributed by atoms with E-state index in [0.29, 0.717) is 57.1 Å². The number of amides is 1. The number of benzene rings is 4. The number of rotatable bonds is 11. The van der Waals surface area contributed by atoms with Crippen LogP contribution in [0.5, 0.6) is 51.7 Å². The van der Waals surface area contributed by atoms with Crippen molar-refractivity contribution < 1.29 is 61.8 Å². The summed E-state index contributed by atoms with van der Waals surface area (Å²) in [5.74, 6) is 1.04. The molecule has 1 N–H and O–H groups in total. The van der Waals surface area contributed by atoms with Crippen molar-refractivity contribution in [2.24, 2.45) is 11.8 Å². The van der Waals surface area contributed by atoms with E-state index in [-0.39, 0.29) is 30.7 Å². The highest BCUT2D eigenvalue weighted by Crippen LogP contribution is 2.55. The van der Waals surface area contributed by atoms with Crippen LogP contribution in [-0.4, -0.2) is 73.2 Å². The number of hydrogen-bond donors (Lipinski definition) is 1. The number of para-hydroxylation sites is 1. The molecule has 4 aromatic rings. The summed E-state index contributed by atoms with van der Waals surface area (Å²) in [4.78, 5) is 40.5. The lowest BCUT2D eigenvalue weighted by Gasteiger charge is -2.39. The molecule has 0 spiro atoms. The normalized spacial score (nSPS) is 20.8. The topological polar surface area (TPSA) is 156 Å². The lowest BCUT2D eigenvalue weighted by molar-refractivity contribution is -0.141. The van der Waals surface area contributed by atoms with Gasteiger partial charge in [-0.2, -0.15) is 0 Å². The Balaban J connectivity index is 1.08. The summed E-state index contributed by atoms with van der Waals surface area (Å²) in [5, 5.41) is 3.11. The standard InChI is InChI=1S/C41H37NO13/c1-46-26-10-9-20(12-31-38(44)22-7-6-8-27(47-2)39(22)55-31)11-28(26)51-18-34(43)42-37-24-16-30-29(53-19-54-30)15-23(24)35(36-25(37)17-52-41(36)45)21-13-32(48-3)40(50-5)33(14-21)49-4/h6-16,25,35-37H,17-19H2,1-5H3,(H,42,43)/b31-12-/t25-,35+,36-,37+/m0/s1. The minimum atomic E-state index is -0.682. The van der Waals surface area contributed by atoms with Crippen molar-refractivity contribution >= 4 is 23.7 Å². The zero-order valence-corrected chi connectivity index (χ0v) is 30.6. The number of cyclic esters (lactones) is 1. The van der Waals surface area contributed by atoms with E-state index in [9.17, 15) is 14.4 Å². The number of Topliss-reactive ketones (excluding diaryl/α,β-unsaturated/α-hetero) is 1. The van der Waals surface area contributed by atoms with Crippen LogP contribution in [0.4, 0.5) is 0 Å². The molecule has 0 radical (unpaired) electrons. The van der Waals surface area contributed by atoms with Gasteiger partial charge in [0.1, 0.15) is 0 Å². The zero-order valence-electron chi connectivity index (χ0n) is 30.6. The van der Waals surface area contributed by atoms with Gasteiger partial charge in [0.25, 0.3) is 5.91 Å². The molecule has 284 valence electrons. The molecular formula is C41H37NO13. The van der Waals surface area contributed by atoms with Crippen LogP contribution >= 0.6 is 0 Å². The molecule has 8 rings (SSSR count). The molecule has 4 atom stereocenters. The van der Waals surface area contributed by atoms with E-state index >= 15 is 0 Å². The first-order valence-corrected chi connectivity index (χ1v) is 17.4. The summed E-state index contributed by atoms with van der Waals surface area (Å²) < 4.78 is 56.8. The van der Waals surface area contributed by atoms with Crippen LogP contribution in [0, 0.1) is 11.8 Å². The molecule has 14 nitrogen and oxygen atoms in total. The minimum Gasteiger partial charge on any atom is -0.493 e. The molecule has 1 amide bonds. The second kappa shape index (κ2) is 14.3. The maximum absolute atomic E-state index is 13.8. The van der Waals surface area contributed by atoms with E-state index in [1.165, 1.54) is 35.5 Å². The van der Waals surface area contributed by atoms with Gasteiger partial charge in [-0.25, -0.2) is 0 Å². The number of carbonyl (C=O) groups is 3. The van der Waals surface area contributed by atoms with Crippen LogP contribution in [-0.2, 0) is 14.3 Å². The highest BCUT2D eigenvalue weighted by atomic mass is 16.7. The van der Waals surface area contributed by atoms with Gasteiger partial charge in [0.2, 0.25) is 18.3 Å². The van der Waals surface area contributed by atoms with Crippen LogP contribution in [0.2, 0.25) is 0 Å². The van der Waals surface area contributed by atoms with Crippen molar-refractivity contribution in [1.29, 1.82) is 0 Å². The number of ketones is 1. The van der Waals surface area contributed by atoms with Gasteiger partial charge in [-0.1, -0.05) is 12.1 Å². The third-order valence-corrected chi connectivity index (χ3v) is 10.3. The predicted molar refractivity (Wildman–Crippen MR) is 194 cm³/mol. The van der Waals surface area contributed by atoms with E-state index in [1.54, 1.807) is 42.5 Å². The van der Waals surface area contributed by atoms with Crippen molar-refractivity contribution in [2.45, 2.75) is 12.0 Å². The molecule has 3 heterocycles. The van der Waals surface area contributed by atoms with Crippen molar-refractivity contribution in [2.75, 3.05) is 55.6 Å². The highest BCUT2D eigenvalue weighted by molar-refractivity contribution is 6.15. The van der Waals surface area contributed by atoms with Gasteiger partial charge in [0.05, 0.1) is 59.7 Å². The first-order valence-electron chi connectivity index (χ1n) is 17.4. The summed E-state index contributed by atoms with van der Waals surface area (Å²) >= 11 is 0. The average Bonchev–Trinajstić information content (AvgIpc) is 3.92. The van der Waals surface area contributed by atoms with Gasteiger partial charge in [-0.05, 0) is 76.9 Å². The fraction of sp³-hybridized carbons (Fsp3) is 0.293. The Bertz CT molecular complexity index is 2220. The molecular weight excluding hydrogens is 714 g/mol. The fourth-order valence-electron chi connectivity index (χ4n) is 7.78. The smallest absolute Gasteiger partial charge is 0.310 e. The lowest BCUT2D eigenvalue weighted by atomic mass is 9.65. The van der Waals surface area contributed by atoms with Gasteiger partial charge >= 0.3 is 5.97 Å². The Kier molecular flexibility index (Phi) is 9.25. The number of methoxy groups -OCH3 is 5. The fourth-order valence-corrected chi connectivity index (χ4v) is 7.78. The van der Waals surface area contributed by atoms with Crippen LogP contribution in [0.3, 0.4) is 0 Å². The molecule has 0 aromatic heterocycles. The van der Waals surface area contributed by atoms with Gasteiger partial charge in [-0.15, -0.1) is 0 Å². The number of esters is 1. The van der Waals surface area contributed by atoms with Gasteiger partial charge in [0.15, 0.2) is 58.4 Å². The quantitative estimate of drug-likeness (QED) is 0.157. The first-order chi connectivity index (χ1) is 26.8. The number of ether oxygens (including phenoxy) is 10. The molecule has 0 unspecified atom stereocenters. The Morgan fingerprint density at radius 2 is 1.49 bits per heavy atom. The summed E-state index contributed by atoms with van der Waals surface area (Å²) in [6, 6.07) is 16.8. The van der Waals surface area contributed by atoms with Crippen molar-refractivity contribution in [3.05, 3.63) is 94.2 Å². The van der Waals surface area contributed by atoms with Crippen LogP contribution in [0.1, 0.15) is 44.6 Å². The largest absolute Gasteiger partial charge is 0.493 e. The first kappa shape index (κ1) is 35.5. The Labute approximate surface area is 315 Å². The SMILES string of the molecule is COc1ccc(/C=C2\Oc3c(OC)cccc3C2=O)cc1OCC(=O)N[C@@H]1c2cc3c(cc2[C@@H](c2cc(OC)c(OC)c(OC)c2)[C@H]2C(=O)OC[C@@H]21)OCO3. The summed E-state index contributed by atoms with van der Waals surface area (Å²) in [7, 11) is 7.56. The number of allylic oxidation sites excluding steroid dienone is 1. The molecule has 0 saturated carbocycles. The number of carbonyl (C=O) groups excluding carboxylic acids is 3. The molecule has 3 aliphatic heterocycles. The molecule has 55 heavy (non-hydrogen) atoms. The molecule has 4 aromatic carbocycles. The maximum Gasteiger partial charge on any atom is 0.310 e. The number of hydrogen-bond acceptors (Lipinski definition) is 13. The lowest BCUT2D eigenvalue weighted by Crippen LogP contribution is -2.44. The second-order valence-corrected chi connectivity index (χ2v) is 13.1. The number of nitrogens with one attached hydrogen (secondary N) is 1. The summed E-state index contributed by atoms with van der Waals surface area (Å²) in [6.45, 7) is -0.287. The van der Waals surface area contributed by atoms with Crippen LogP contribution < -0.4 is 47.9 Å². The van der Waals surface area contributed by atoms with Crippen LogP contribution in [0.15, 0.2) is 66.4 Å². The molecule has 0 bridgehead atoms. The van der Waals surface area contributed by atoms with Gasteiger partial charge < -0.3 is 52.7 Å². The maximum atomic E-state index is 13.8. The van der Waals surface area contributed by atoms with Crippen LogP contribution in [0.25, 0.3) is 6.08 Å². The molecule has 1 aliphatic carbocycles. The molecule has 1 saturated heterocycles. The molecule has 4 aliphatic rings. The van der Waals surface area contributed by atoms with E-state index in [2.05, 4.69) is 5.32 Å². The average molecular weight is 752 g/mol. The van der Waals surface area contributed by atoms with E-state index in [1.807, 2.05) is 24.3 Å². The second-order valence-electron chi connectivity index (χ2n) is 13.1. The van der Waals surface area contributed by atoms with E-state index in [0.717, 1.165) is 16.7 Å². The van der Waals surface area contributed by atoms with Crippen molar-refractivity contribution in [3.8, 4) is 51.7 Å². The van der Waals surface area contributed by atoms with Crippen molar-refractivity contribution in [1.82, 2.24) is 5.32 Å². The minimum absolute atomic E-state index is 0.0336. The van der Waals surface area contributed by atoms with Crippen molar-refractivity contribution in [3.63, 3.8) is 0 Å². The Morgan fingerprint density at radius 1 is 0.782 bits per heavy atom. The monoisotopic (exact) mass is 751 g/mol.